The van der Waals surface area contributed by atoms with Crippen molar-refractivity contribution in [3.63, 3.8) is 0 Å². The SMILES string of the molecule is CC(=O)OC(=O)Cc1ccc(O)cc1. The van der Waals surface area contributed by atoms with E-state index < -0.39 is 11.9 Å². The van der Waals surface area contributed by atoms with E-state index in [9.17, 15) is 9.59 Å². The van der Waals surface area contributed by atoms with Crippen molar-refractivity contribution in [3.8, 4) is 5.75 Å². The van der Waals surface area contributed by atoms with E-state index in [2.05, 4.69) is 4.74 Å². The first kappa shape index (κ1) is 10.2. The molecule has 0 spiro atoms. The Morgan fingerprint density at radius 1 is 1.29 bits per heavy atom. The van der Waals surface area contributed by atoms with E-state index >= 15 is 0 Å². The van der Waals surface area contributed by atoms with Crippen LogP contribution < -0.4 is 0 Å². The minimum atomic E-state index is -0.617. The van der Waals surface area contributed by atoms with E-state index in [1.54, 1.807) is 12.1 Å². The zero-order chi connectivity index (χ0) is 10.6. The van der Waals surface area contributed by atoms with Crippen molar-refractivity contribution in [2.45, 2.75) is 13.3 Å². The summed E-state index contributed by atoms with van der Waals surface area (Å²) in [5, 5.41) is 8.97. The van der Waals surface area contributed by atoms with Crippen LogP contribution in [0.5, 0.6) is 5.75 Å². The van der Waals surface area contributed by atoms with Gasteiger partial charge in [-0.15, -0.1) is 0 Å². The third kappa shape index (κ3) is 3.26. The van der Waals surface area contributed by atoms with E-state index in [-0.39, 0.29) is 12.2 Å². The van der Waals surface area contributed by atoms with Crippen molar-refractivity contribution in [2.24, 2.45) is 0 Å². The molecule has 1 N–H and O–H groups in total. The maximum absolute atomic E-state index is 11.0. The van der Waals surface area contributed by atoms with Crippen molar-refractivity contribution < 1.29 is 19.4 Å². The van der Waals surface area contributed by atoms with Crippen molar-refractivity contribution in [2.75, 3.05) is 0 Å². The lowest BCUT2D eigenvalue weighted by Crippen LogP contribution is -2.11. The summed E-state index contributed by atoms with van der Waals surface area (Å²) >= 11 is 0. The highest BCUT2D eigenvalue weighted by atomic mass is 16.6. The van der Waals surface area contributed by atoms with Gasteiger partial charge in [0.15, 0.2) is 0 Å². The molecule has 0 bridgehead atoms. The molecule has 0 saturated carbocycles. The van der Waals surface area contributed by atoms with E-state index in [1.807, 2.05) is 0 Å². The number of rotatable bonds is 2. The molecule has 0 aliphatic carbocycles. The lowest BCUT2D eigenvalue weighted by Gasteiger charge is -2.00. The number of benzene rings is 1. The molecule has 1 rings (SSSR count). The van der Waals surface area contributed by atoms with Crippen LogP contribution in [0, 0.1) is 0 Å². The number of aromatic hydroxyl groups is 1. The summed E-state index contributed by atoms with van der Waals surface area (Å²) in [5.74, 6) is -1.08. The number of ether oxygens (including phenoxy) is 1. The fourth-order valence-electron chi connectivity index (χ4n) is 0.977. The lowest BCUT2D eigenvalue weighted by atomic mass is 10.1. The van der Waals surface area contributed by atoms with E-state index in [0.717, 1.165) is 0 Å². The molecule has 0 saturated heterocycles. The summed E-state index contributed by atoms with van der Waals surface area (Å²) in [6.07, 6.45) is 0.0276. The predicted octanol–water partition coefficient (Wildman–Crippen LogP) is 1.02. The van der Waals surface area contributed by atoms with Gasteiger partial charge in [0.25, 0.3) is 0 Å². The first-order valence-corrected chi connectivity index (χ1v) is 4.07. The minimum absolute atomic E-state index is 0.0276. The molecule has 0 radical (unpaired) electrons. The molecule has 4 nitrogen and oxygen atoms in total. The van der Waals surface area contributed by atoms with Gasteiger partial charge in [0.05, 0.1) is 6.42 Å². The van der Waals surface area contributed by atoms with Gasteiger partial charge >= 0.3 is 11.9 Å². The van der Waals surface area contributed by atoms with Gasteiger partial charge in [-0.3, -0.25) is 9.59 Å². The Hall–Kier alpha value is -1.84. The Bertz CT molecular complexity index is 340. The van der Waals surface area contributed by atoms with Crippen molar-refractivity contribution in [1.82, 2.24) is 0 Å². The zero-order valence-electron chi connectivity index (χ0n) is 7.69. The standard InChI is InChI=1S/C10H10O4/c1-7(11)14-10(13)6-8-2-4-9(12)5-3-8/h2-5,12H,6H2,1H3. The molecule has 0 fully saturated rings. The molecule has 0 aliphatic rings. The smallest absolute Gasteiger partial charge is 0.317 e. The number of carbonyl (C=O) groups excluding carboxylic acids is 2. The van der Waals surface area contributed by atoms with E-state index in [4.69, 9.17) is 5.11 Å². The van der Waals surface area contributed by atoms with Gasteiger partial charge in [-0.05, 0) is 17.7 Å². The molecule has 0 aromatic heterocycles. The first-order valence-electron chi connectivity index (χ1n) is 4.07. The summed E-state index contributed by atoms with van der Waals surface area (Å²) in [4.78, 5) is 21.4. The molecule has 0 aliphatic heterocycles. The van der Waals surface area contributed by atoms with Crippen LogP contribution in [0.3, 0.4) is 0 Å². The monoisotopic (exact) mass is 194 g/mol. The predicted molar refractivity (Wildman–Crippen MR) is 48.6 cm³/mol. The Kier molecular flexibility index (Phi) is 3.23. The molecule has 0 unspecified atom stereocenters. The highest BCUT2D eigenvalue weighted by Crippen LogP contribution is 2.10. The summed E-state index contributed by atoms with van der Waals surface area (Å²) in [5.41, 5.74) is 0.689. The van der Waals surface area contributed by atoms with Gasteiger partial charge in [0, 0.05) is 6.92 Å². The average Bonchev–Trinajstić information content (AvgIpc) is 2.07. The van der Waals surface area contributed by atoms with Crippen LogP contribution in [0.25, 0.3) is 0 Å². The van der Waals surface area contributed by atoms with Crippen LogP contribution in [-0.4, -0.2) is 17.0 Å². The van der Waals surface area contributed by atoms with Gasteiger partial charge in [0.1, 0.15) is 5.75 Å². The summed E-state index contributed by atoms with van der Waals surface area (Å²) in [7, 11) is 0. The normalized spacial score (nSPS) is 9.50. The number of phenols is 1. The molecule has 1 aromatic rings. The van der Waals surface area contributed by atoms with Gasteiger partial charge in [-0.1, -0.05) is 12.1 Å². The fraction of sp³-hybridized carbons (Fsp3) is 0.200. The van der Waals surface area contributed by atoms with E-state index in [0.29, 0.717) is 5.56 Å². The Labute approximate surface area is 81.1 Å². The quantitative estimate of drug-likeness (QED) is 0.564. The number of phenolic OH excluding ortho intramolecular Hbond substituents is 1. The van der Waals surface area contributed by atoms with Crippen LogP contribution in [-0.2, 0) is 20.7 Å². The molecular formula is C10H10O4. The van der Waals surface area contributed by atoms with Gasteiger partial charge in [0.2, 0.25) is 0 Å². The highest BCUT2D eigenvalue weighted by molar-refractivity contribution is 5.85. The maximum Gasteiger partial charge on any atom is 0.317 e. The molecule has 4 heteroatoms. The maximum atomic E-state index is 11.0. The average molecular weight is 194 g/mol. The Morgan fingerprint density at radius 2 is 1.86 bits per heavy atom. The number of hydrogen-bond acceptors (Lipinski definition) is 4. The lowest BCUT2D eigenvalue weighted by molar-refractivity contribution is -0.157. The highest BCUT2D eigenvalue weighted by Gasteiger charge is 2.06. The molecular weight excluding hydrogens is 184 g/mol. The molecule has 74 valence electrons. The van der Waals surface area contributed by atoms with Crippen molar-refractivity contribution in [3.05, 3.63) is 29.8 Å². The third-order valence-electron chi connectivity index (χ3n) is 1.54. The zero-order valence-corrected chi connectivity index (χ0v) is 7.69. The molecule has 0 heterocycles. The van der Waals surface area contributed by atoms with Crippen molar-refractivity contribution >= 4 is 11.9 Å². The van der Waals surface area contributed by atoms with Crippen LogP contribution in [0.2, 0.25) is 0 Å². The summed E-state index contributed by atoms with van der Waals surface area (Å²) in [6.45, 7) is 1.18. The summed E-state index contributed by atoms with van der Waals surface area (Å²) < 4.78 is 4.34. The number of esters is 2. The van der Waals surface area contributed by atoms with Crippen LogP contribution in [0.15, 0.2) is 24.3 Å². The Morgan fingerprint density at radius 3 is 2.36 bits per heavy atom. The molecule has 0 amide bonds. The largest absolute Gasteiger partial charge is 0.508 e. The third-order valence-corrected chi connectivity index (χ3v) is 1.54. The van der Waals surface area contributed by atoms with Gasteiger partial charge < -0.3 is 9.84 Å². The van der Waals surface area contributed by atoms with Crippen molar-refractivity contribution in [1.29, 1.82) is 0 Å². The van der Waals surface area contributed by atoms with E-state index in [1.165, 1.54) is 19.1 Å². The fourth-order valence-corrected chi connectivity index (χ4v) is 0.977. The molecule has 14 heavy (non-hydrogen) atoms. The number of hydrogen-bond donors (Lipinski definition) is 1. The minimum Gasteiger partial charge on any atom is -0.508 e. The van der Waals surface area contributed by atoms with Crippen LogP contribution in [0.1, 0.15) is 12.5 Å². The molecule has 0 atom stereocenters. The Balaban J connectivity index is 2.56. The number of carbonyl (C=O) groups is 2. The van der Waals surface area contributed by atoms with Crippen LogP contribution >= 0.6 is 0 Å². The van der Waals surface area contributed by atoms with Gasteiger partial charge in [-0.25, -0.2) is 0 Å². The second-order valence-corrected chi connectivity index (χ2v) is 2.81. The van der Waals surface area contributed by atoms with Crippen LogP contribution in [0.4, 0.5) is 0 Å². The second kappa shape index (κ2) is 4.41. The van der Waals surface area contributed by atoms with Gasteiger partial charge in [-0.2, -0.15) is 0 Å². The molecule has 1 aromatic carbocycles. The first-order chi connectivity index (χ1) is 6.58. The topological polar surface area (TPSA) is 63.6 Å². The second-order valence-electron chi connectivity index (χ2n) is 2.81. The summed E-state index contributed by atoms with van der Waals surface area (Å²) in [6, 6.07) is 6.13.